The predicted molar refractivity (Wildman–Crippen MR) is 106 cm³/mol. The zero-order valence-corrected chi connectivity index (χ0v) is 15.7. The van der Waals surface area contributed by atoms with Gasteiger partial charge in [0.2, 0.25) is 0 Å². The average Bonchev–Trinajstić information content (AvgIpc) is 3.31. The molecule has 0 atom stereocenters. The van der Waals surface area contributed by atoms with Crippen LogP contribution in [0.25, 0.3) is 16.9 Å². The van der Waals surface area contributed by atoms with Crippen molar-refractivity contribution in [3.63, 3.8) is 0 Å². The minimum Gasteiger partial charge on any atom is -0.339 e. The molecule has 1 amide bonds. The summed E-state index contributed by atoms with van der Waals surface area (Å²) in [5.74, 6) is -0.184. The number of rotatable bonds is 3. The number of aromatic nitrogens is 1. The summed E-state index contributed by atoms with van der Waals surface area (Å²) in [6.45, 7) is 5.67. The summed E-state index contributed by atoms with van der Waals surface area (Å²) in [5.41, 5.74) is 5.60. The van der Waals surface area contributed by atoms with Gasteiger partial charge in [-0.3, -0.25) is 4.79 Å². The fourth-order valence-electron chi connectivity index (χ4n) is 3.77. The van der Waals surface area contributed by atoms with Crippen molar-refractivity contribution in [2.75, 3.05) is 13.1 Å². The molecule has 27 heavy (non-hydrogen) atoms. The topological polar surface area (TPSA) is 25.2 Å². The van der Waals surface area contributed by atoms with Gasteiger partial charge < -0.3 is 9.47 Å². The van der Waals surface area contributed by atoms with Crippen molar-refractivity contribution in [1.82, 2.24) is 9.47 Å². The first-order valence-corrected chi connectivity index (χ1v) is 9.39. The van der Waals surface area contributed by atoms with E-state index in [1.54, 1.807) is 12.1 Å². The van der Waals surface area contributed by atoms with Gasteiger partial charge in [-0.25, -0.2) is 4.39 Å². The minimum absolute atomic E-state index is 0.0826. The molecule has 2 heterocycles. The molecule has 0 radical (unpaired) electrons. The zero-order valence-electron chi connectivity index (χ0n) is 15.7. The molecule has 1 aliphatic heterocycles. The van der Waals surface area contributed by atoms with E-state index in [9.17, 15) is 9.18 Å². The Balaban J connectivity index is 1.87. The van der Waals surface area contributed by atoms with Gasteiger partial charge in [0.15, 0.2) is 0 Å². The Hall–Kier alpha value is -2.88. The van der Waals surface area contributed by atoms with Crippen LogP contribution in [0.1, 0.15) is 34.5 Å². The van der Waals surface area contributed by atoms with Crippen LogP contribution in [0, 0.1) is 19.7 Å². The SMILES string of the molecule is Cc1ccc(-n2c(-c3ccc(F)cc3)cc(C(=O)N3CCCC3)c2C)cc1. The van der Waals surface area contributed by atoms with Gasteiger partial charge in [-0.1, -0.05) is 17.7 Å². The molecule has 3 nitrogen and oxygen atoms in total. The van der Waals surface area contributed by atoms with Crippen LogP contribution in [-0.2, 0) is 0 Å². The molecule has 0 unspecified atom stereocenters. The molecule has 4 rings (SSSR count). The second-order valence-electron chi connectivity index (χ2n) is 7.21. The lowest BCUT2D eigenvalue weighted by Gasteiger charge is -2.16. The molecule has 0 N–H and O–H groups in total. The number of hydrogen-bond donors (Lipinski definition) is 0. The highest BCUT2D eigenvalue weighted by molar-refractivity contribution is 5.97. The highest BCUT2D eigenvalue weighted by Crippen LogP contribution is 2.31. The lowest BCUT2D eigenvalue weighted by Crippen LogP contribution is -2.27. The Morgan fingerprint density at radius 3 is 2.19 bits per heavy atom. The van der Waals surface area contributed by atoms with Gasteiger partial charge in [-0.05, 0) is 74.7 Å². The van der Waals surface area contributed by atoms with Crippen molar-refractivity contribution in [3.8, 4) is 16.9 Å². The second-order valence-corrected chi connectivity index (χ2v) is 7.21. The van der Waals surface area contributed by atoms with Crippen molar-refractivity contribution < 1.29 is 9.18 Å². The molecule has 0 aliphatic carbocycles. The molecule has 2 aromatic carbocycles. The third-order valence-corrected chi connectivity index (χ3v) is 5.30. The Kier molecular flexibility index (Phi) is 4.56. The summed E-state index contributed by atoms with van der Waals surface area (Å²) in [6.07, 6.45) is 2.13. The Morgan fingerprint density at radius 1 is 0.926 bits per heavy atom. The van der Waals surface area contributed by atoms with Gasteiger partial charge in [-0.2, -0.15) is 0 Å². The van der Waals surface area contributed by atoms with E-state index >= 15 is 0 Å². The lowest BCUT2D eigenvalue weighted by atomic mass is 10.1. The number of carbonyl (C=O) groups is 1. The first-order valence-electron chi connectivity index (χ1n) is 9.39. The van der Waals surface area contributed by atoms with Crippen LogP contribution in [0.3, 0.4) is 0 Å². The predicted octanol–water partition coefficient (Wildman–Crippen LogP) is 5.14. The van der Waals surface area contributed by atoms with E-state index in [-0.39, 0.29) is 11.7 Å². The fourth-order valence-corrected chi connectivity index (χ4v) is 3.77. The number of amides is 1. The number of likely N-dealkylation sites (tertiary alicyclic amines) is 1. The zero-order chi connectivity index (χ0) is 19.0. The third-order valence-electron chi connectivity index (χ3n) is 5.30. The highest BCUT2D eigenvalue weighted by atomic mass is 19.1. The number of halogens is 1. The monoisotopic (exact) mass is 362 g/mol. The minimum atomic E-state index is -0.266. The Bertz CT molecular complexity index is 965. The summed E-state index contributed by atoms with van der Waals surface area (Å²) in [4.78, 5) is 15.0. The van der Waals surface area contributed by atoms with Gasteiger partial charge in [-0.15, -0.1) is 0 Å². The summed E-state index contributed by atoms with van der Waals surface area (Å²) < 4.78 is 15.5. The van der Waals surface area contributed by atoms with Crippen LogP contribution in [0.5, 0.6) is 0 Å². The van der Waals surface area contributed by atoms with Crippen LogP contribution in [-0.4, -0.2) is 28.5 Å². The quantitative estimate of drug-likeness (QED) is 0.634. The number of aryl methyl sites for hydroxylation is 1. The smallest absolute Gasteiger partial charge is 0.255 e. The van der Waals surface area contributed by atoms with E-state index in [1.165, 1.54) is 17.7 Å². The number of nitrogens with zero attached hydrogens (tertiary/aromatic N) is 2. The maximum atomic E-state index is 13.4. The maximum Gasteiger partial charge on any atom is 0.255 e. The average molecular weight is 362 g/mol. The van der Waals surface area contributed by atoms with Crippen LogP contribution in [0.15, 0.2) is 54.6 Å². The van der Waals surface area contributed by atoms with E-state index in [0.717, 1.165) is 54.1 Å². The first kappa shape index (κ1) is 17.5. The van der Waals surface area contributed by atoms with Gasteiger partial charge in [0.05, 0.1) is 11.3 Å². The highest BCUT2D eigenvalue weighted by Gasteiger charge is 2.25. The molecule has 1 aliphatic rings. The van der Waals surface area contributed by atoms with Crippen molar-refractivity contribution in [3.05, 3.63) is 77.2 Å². The molecular weight excluding hydrogens is 339 g/mol. The van der Waals surface area contributed by atoms with E-state index in [4.69, 9.17) is 0 Å². The molecule has 0 bridgehead atoms. The molecule has 0 saturated carbocycles. The van der Waals surface area contributed by atoms with E-state index < -0.39 is 0 Å². The van der Waals surface area contributed by atoms with Crippen LogP contribution in [0.4, 0.5) is 4.39 Å². The molecule has 4 heteroatoms. The van der Waals surface area contributed by atoms with Crippen LogP contribution in [0.2, 0.25) is 0 Å². The van der Waals surface area contributed by atoms with Crippen molar-refractivity contribution in [2.45, 2.75) is 26.7 Å². The van der Waals surface area contributed by atoms with E-state index in [0.29, 0.717) is 0 Å². The van der Waals surface area contributed by atoms with Gasteiger partial charge in [0.1, 0.15) is 5.82 Å². The van der Waals surface area contributed by atoms with Gasteiger partial charge in [0.25, 0.3) is 5.91 Å². The van der Waals surface area contributed by atoms with E-state index in [1.807, 2.05) is 17.9 Å². The lowest BCUT2D eigenvalue weighted by molar-refractivity contribution is 0.0792. The number of carbonyl (C=O) groups excluding carboxylic acids is 1. The summed E-state index contributed by atoms with van der Waals surface area (Å²) in [6, 6.07) is 16.6. The molecule has 0 spiro atoms. The van der Waals surface area contributed by atoms with Crippen molar-refractivity contribution in [1.29, 1.82) is 0 Å². The van der Waals surface area contributed by atoms with Gasteiger partial charge >= 0.3 is 0 Å². The summed E-state index contributed by atoms with van der Waals surface area (Å²) in [5, 5.41) is 0. The van der Waals surface area contributed by atoms with E-state index in [2.05, 4.69) is 35.8 Å². The third kappa shape index (κ3) is 3.27. The fraction of sp³-hybridized carbons (Fsp3) is 0.261. The molecular formula is C23H23FN2O. The molecule has 1 saturated heterocycles. The molecule has 1 aromatic heterocycles. The van der Waals surface area contributed by atoms with Crippen molar-refractivity contribution >= 4 is 5.91 Å². The number of benzene rings is 2. The second kappa shape index (κ2) is 7.03. The Morgan fingerprint density at radius 2 is 1.56 bits per heavy atom. The van der Waals surface area contributed by atoms with Crippen LogP contribution < -0.4 is 0 Å². The largest absolute Gasteiger partial charge is 0.339 e. The molecule has 3 aromatic rings. The van der Waals surface area contributed by atoms with Gasteiger partial charge in [0, 0.05) is 24.5 Å². The standard InChI is InChI=1S/C23H23FN2O/c1-16-5-11-20(12-6-16)26-17(2)21(23(27)25-13-3-4-14-25)15-22(26)18-7-9-19(24)10-8-18/h5-12,15H,3-4,13-14H2,1-2H3. The molecule has 138 valence electrons. The van der Waals surface area contributed by atoms with Crippen LogP contribution >= 0.6 is 0 Å². The molecule has 1 fully saturated rings. The number of hydrogen-bond acceptors (Lipinski definition) is 1. The summed E-state index contributed by atoms with van der Waals surface area (Å²) >= 11 is 0. The Labute approximate surface area is 159 Å². The van der Waals surface area contributed by atoms with Crippen molar-refractivity contribution in [2.24, 2.45) is 0 Å². The summed E-state index contributed by atoms with van der Waals surface area (Å²) in [7, 11) is 0. The first-order chi connectivity index (χ1) is 13.0. The maximum absolute atomic E-state index is 13.4. The normalized spacial score (nSPS) is 14.0.